The number of nitrogens with zero attached hydrogens (tertiary/aromatic N) is 1. The molecule has 18 heavy (non-hydrogen) atoms. The highest BCUT2D eigenvalue weighted by atomic mass is 79.9. The van der Waals surface area contributed by atoms with Crippen molar-refractivity contribution < 1.29 is 4.39 Å². The molecular weight excluding hydrogens is 315 g/mol. The van der Waals surface area contributed by atoms with Crippen molar-refractivity contribution in [2.45, 2.75) is 17.3 Å². The fraction of sp³-hybridized carbons (Fsp3) is 0.154. The summed E-state index contributed by atoms with van der Waals surface area (Å²) in [6, 6.07) is 8.50. The quantitative estimate of drug-likeness (QED) is 0.870. The van der Waals surface area contributed by atoms with Crippen molar-refractivity contribution in [1.29, 1.82) is 0 Å². The van der Waals surface area contributed by atoms with Crippen LogP contribution < -0.4 is 5.73 Å². The zero-order valence-electron chi connectivity index (χ0n) is 9.57. The lowest BCUT2D eigenvalue weighted by atomic mass is 10.1. The Kier molecular flexibility index (Phi) is 4.74. The van der Waals surface area contributed by atoms with Gasteiger partial charge in [0.2, 0.25) is 0 Å². The van der Waals surface area contributed by atoms with Gasteiger partial charge in [0.15, 0.2) is 0 Å². The second-order valence-corrected chi connectivity index (χ2v) is 5.51. The van der Waals surface area contributed by atoms with Crippen molar-refractivity contribution in [3.63, 3.8) is 0 Å². The van der Waals surface area contributed by atoms with Crippen LogP contribution >= 0.6 is 27.7 Å². The number of hydrogen-bond donors (Lipinski definition) is 1. The summed E-state index contributed by atoms with van der Waals surface area (Å²) < 4.78 is 14.2. The fourth-order valence-electron chi connectivity index (χ4n) is 1.55. The normalized spacial score (nSPS) is 10.6. The van der Waals surface area contributed by atoms with Gasteiger partial charge in [-0.05, 0) is 51.3 Å². The van der Waals surface area contributed by atoms with Crippen LogP contribution in [0.3, 0.4) is 0 Å². The van der Waals surface area contributed by atoms with Crippen molar-refractivity contribution >= 4 is 27.7 Å². The number of halogens is 2. The highest BCUT2D eigenvalue weighted by molar-refractivity contribution is 9.10. The molecule has 0 aliphatic heterocycles. The third-order valence-corrected chi connectivity index (χ3v) is 4.43. The minimum atomic E-state index is -0.233. The van der Waals surface area contributed by atoms with Crippen LogP contribution in [0.2, 0.25) is 0 Å². The van der Waals surface area contributed by atoms with E-state index in [9.17, 15) is 4.39 Å². The maximum Gasteiger partial charge on any atom is 0.123 e. The number of benzene rings is 1. The van der Waals surface area contributed by atoms with Crippen LogP contribution in [0, 0.1) is 5.82 Å². The van der Waals surface area contributed by atoms with Crippen LogP contribution in [-0.2, 0) is 12.3 Å². The number of aromatic nitrogens is 1. The molecule has 0 aliphatic carbocycles. The molecule has 0 aliphatic rings. The Labute approximate surface area is 118 Å². The Bertz CT molecular complexity index is 548. The maximum atomic E-state index is 13.2. The van der Waals surface area contributed by atoms with Gasteiger partial charge in [0.25, 0.3) is 0 Å². The fourth-order valence-corrected chi connectivity index (χ4v) is 3.05. The number of nitrogens with two attached hydrogens (primary N) is 1. The lowest BCUT2D eigenvalue weighted by Crippen LogP contribution is -2.01. The molecule has 94 valence electrons. The van der Waals surface area contributed by atoms with Gasteiger partial charge < -0.3 is 5.73 Å². The van der Waals surface area contributed by atoms with E-state index >= 15 is 0 Å². The molecule has 1 aromatic heterocycles. The van der Waals surface area contributed by atoms with Gasteiger partial charge in [0.05, 0.1) is 0 Å². The lowest BCUT2D eigenvalue weighted by Gasteiger charge is -2.08. The van der Waals surface area contributed by atoms with Gasteiger partial charge >= 0.3 is 0 Å². The topological polar surface area (TPSA) is 38.9 Å². The first-order valence-electron chi connectivity index (χ1n) is 5.41. The summed E-state index contributed by atoms with van der Waals surface area (Å²) in [6.45, 7) is 0.416. The van der Waals surface area contributed by atoms with Crippen LogP contribution in [0.15, 0.2) is 46.0 Å². The minimum Gasteiger partial charge on any atom is -0.326 e. The first kappa shape index (κ1) is 13.5. The zero-order valence-corrected chi connectivity index (χ0v) is 12.0. The van der Waals surface area contributed by atoms with Gasteiger partial charge in [-0.15, -0.1) is 11.8 Å². The second kappa shape index (κ2) is 6.31. The zero-order chi connectivity index (χ0) is 13.0. The molecule has 0 atom stereocenters. The average molecular weight is 327 g/mol. The van der Waals surface area contributed by atoms with E-state index in [4.69, 9.17) is 5.73 Å². The van der Waals surface area contributed by atoms with Crippen molar-refractivity contribution in [3.8, 4) is 0 Å². The molecule has 0 fully saturated rings. The van der Waals surface area contributed by atoms with Gasteiger partial charge in [-0.3, -0.25) is 0 Å². The molecule has 0 saturated carbocycles. The first-order chi connectivity index (χ1) is 8.70. The molecule has 2 rings (SSSR count). The molecule has 0 spiro atoms. The SMILES string of the molecule is NCc1ccc(F)cc1CSc1ncccc1Br. The molecule has 0 saturated heterocycles. The van der Waals surface area contributed by atoms with Crippen LogP contribution in [0.25, 0.3) is 0 Å². The van der Waals surface area contributed by atoms with Crippen molar-refractivity contribution in [3.05, 3.63) is 57.9 Å². The van der Waals surface area contributed by atoms with E-state index in [1.54, 1.807) is 24.0 Å². The molecule has 2 nitrogen and oxygen atoms in total. The van der Waals surface area contributed by atoms with E-state index < -0.39 is 0 Å². The predicted molar refractivity (Wildman–Crippen MR) is 75.8 cm³/mol. The highest BCUT2D eigenvalue weighted by Gasteiger charge is 2.06. The molecule has 5 heteroatoms. The smallest absolute Gasteiger partial charge is 0.123 e. The number of hydrogen-bond acceptors (Lipinski definition) is 3. The lowest BCUT2D eigenvalue weighted by molar-refractivity contribution is 0.625. The van der Waals surface area contributed by atoms with Crippen LogP contribution in [0.4, 0.5) is 4.39 Å². The van der Waals surface area contributed by atoms with Gasteiger partial charge in [0.1, 0.15) is 10.8 Å². The average Bonchev–Trinajstić information content (AvgIpc) is 2.38. The molecular formula is C13H12BrFN2S. The van der Waals surface area contributed by atoms with E-state index in [-0.39, 0.29) is 5.82 Å². The van der Waals surface area contributed by atoms with Crippen LogP contribution in [0.5, 0.6) is 0 Å². The minimum absolute atomic E-state index is 0.233. The van der Waals surface area contributed by atoms with Crippen LogP contribution in [-0.4, -0.2) is 4.98 Å². The van der Waals surface area contributed by atoms with E-state index in [1.165, 1.54) is 12.1 Å². The largest absolute Gasteiger partial charge is 0.326 e. The Morgan fingerprint density at radius 2 is 2.11 bits per heavy atom. The standard InChI is InChI=1S/C13H12BrFN2S/c14-12-2-1-5-17-13(12)18-8-10-6-11(15)4-3-9(10)7-16/h1-6H,7-8,16H2. The Hall–Kier alpha value is -0.910. The third-order valence-electron chi connectivity index (χ3n) is 2.48. The van der Waals surface area contributed by atoms with Crippen molar-refractivity contribution in [2.24, 2.45) is 5.73 Å². The van der Waals surface area contributed by atoms with E-state index in [0.29, 0.717) is 12.3 Å². The van der Waals surface area contributed by atoms with Crippen LogP contribution in [0.1, 0.15) is 11.1 Å². The van der Waals surface area contributed by atoms with Gasteiger partial charge in [-0.2, -0.15) is 0 Å². The van der Waals surface area contributed by atoms with Crippen molar-refractivity contribution in [1.82, 2.24) is 4.98 Å². The predicted octanol–water partition coefficient (Wildman–Crippen LogP) is 3.73. The van der Waals surface area contributed by atoms with Gasteiger partial charge in [-0.1, -0.05) is 6.07 Å². The summed E-state index contributed by atoms with van der Waals surface area (Å²) in [7, 11) is 0. The van der Waals surface area contributed by atoms with Gasteiger partial charge in [0, 0.05) is 23.0 Å². The Balaban J connectivity index is 2.15. The Morgan fingerprint density at radius 3 is 2.83 bits per heavy atom. The number of pyridine rings is 1. The summed E-state index contributed by atoms with van der Waals surface area (Å²) in [4.78, 5) is 4.26. The number of thioether (sulfide) groups is 1. The summed E-state index contributed by atoms with van der Waals surface area (Å²) in [5.74, 6) is 0.419. The van der Waals surface area contributed by atoms with Crippen molar-refractivity contribution in [2.75, 3.05) is 0 Å². The molecule has 2 aromatic rings. The molecule has 1 aromatic carbocycles. The molecule has 0 unspecified atom stereocenters. The van der Waals surface area contributed by atoms with Gasteiger partial charge in [-0.25, -0.2) is 9.37 Å². The van der Waals surface area contributed by atoms with E-state index in [0.717, 1.165) is 20.6 Å². The third kappa shape index (κ3) is 3.31. The summed E-state index contributed by atoms with van der Waals surface area (Å²) in [5.41, 5.74) is 7.53. The summed E-state index contributed by atoms with van der Waals surface area (Å²) >= 11 is 5.00. The Morgan fingerprint density at radius 1 is 1.28 bits per heavy atom. The van der Waals surface area contributed by atoms with E-state index in [1.807, 2.05) is 12.1 Å². The molecule has 0 radical (unpaired) electrons. The molecule has 2 N–H and O–H groups in total. The second-order valence-electron chi connectivity index (χ2n) is 3.70. The molecule has 0 bridgehead atoms. The molecule has 0 amide bonds. The maximum absolute atomic E-state index is 13.2. The van der Waals surface area contributed by atoms with E-state index in [2.05, 4.69) is 20.9 Å². The monoisotopic (exact) mass is 326 g/mol. The summed E-state index contributed by atoms with van der Waals surface area (Å²) in [6.07, 6.45) is 1.74. The number of rotatable bonds is 4. The summed E-state index contributed by atoms with van der Waals surface area (Å²) in [5, 5.41) is 0.893. The highest BCUT2D eigenvalue weighted by Crippen LogP contribution is 2.28. The molecule has 1 heterocycles. The first-order valence-corrected chi connectivity index (χ1v) is 7.19.